The summed E-state index contributed by atoms with van der Waals surface area (Å²) in [6.45, 7) is 14.3. The van der Waals surface area contributed by atoms with E-state index in [0.717, 1.165) is 28.8 Å². The van der Waals surface area contributed by atoms with Gasteiger partial charge in [0.25, 0.3) is 0 Å². The third kappa shape index (κ3) is 3.19. The molecule has 1 aliphatic rings. The van der Waals surface area contributed by atoms with E-state index in [4.69, 9.17) is 9.98 Å². The Kier molecular flexibility index (Phi) is 4.49. The molecule has 0 fully saturated rings. The molecule has 28 heavy (non-hydrogen) atoms. The van der Waals surface area contributed by atoms with Gasteiger partial charge in [-0.3, -0.25) is 9.98 Å². The van der Waals surface area contributed by atoms with Crippen LogP contribution in [0, 0.1) is 26.2 Å². The third-order valence-corrected chi connectivity index (χ3v) is 5.67. The lowest BCUT2D eigenvalue weighted by atomic mass is 9.87. The van der Waals surface area contributed by atoms with E-state index in [1.54, 1.807) is 0 Å². The van der Waals surface area contributed by atoms with Gasteiger partial charge in [-0.2, -0.15) is 0 Å². The molecule has 2 aromatic carbocycles. The van der Waals surface area contributed by atoms with E-state index >= 15 is 0 Å². The number of aryl methyl sites for hydroxylation is 3. The normalized spacial score (nSPS) is 17.3. The van der Waals surface area contributed by atoms with E-state index in [2.05, 4.69) is 82.8 Å². The van der Waals surface area contributed by atoms with E-state index < -0.39 is 0 Å². The number of nitrogens with zero attached hydrogens (tertiary/aromatic N) is 3. The van der Waals surface area contributed by atoms with Gasteiger partial charge in [-0.25, -0.2) is 0 Å². The van der Waals surface area contributed by atoms with Crippen LogP contribution in [-0.2, 0) is 0 Å². The maximum atomic E-state index is 5.24. The molecule has 0 bridgehead atoms. The zero-order chi connectivity index (χ0) is 20.1. The molecular weight excluding hydrogens is 342 g/mol. The van der Waals surface area contributed by atoms with E-state index in [0.29, 0.717) is 0 Å². The first-order chi connectivity index (χ1) is 13.3. The van der Waals surface area contributed by atoms with Crippen molar-refractivity contribution in [3.63, 3.8) is 0 Å². The molecule has 0 aliphatic carbocycles. The highest BCUT2D eigenvalue weighted by Gasteiger charge is 2.36. The summed E-state index contributed by atoms with van der Waals surface area (Å²) in [4.78, 5) is 12.4. The van der Waals surface area contributed by atoms with Crippen molar-refractivity contribution in [2.75, 3.05) is 11.4 Å². The molecule has 2 heterocycles. The van der Waals surface area contributed by atoms with Crippen LogP contribution in [0.2, 0.25) is 0 Å². The molecular formula is C25H29N3. The fraction of sp³-hybridized carbons (Fsp3) is 0.360. The Morgan fingerprint density at radius 2 is 1.64 bits per heavy atom. The quantitative estimate of drug-likeness (QED) is 0.566. The summed E-state index contributed by atoms with van der Waals surface area (Å²) in [6.07, 6.45) is 1.87. The predicted molar refractivity (Wildman–Crippen MR) is 120 cm³/mol. The van der Waals surface area contributed by atoms with Crippen LogP contribution in [0.5, 0.6) is 0 Å². The second-order valence-electron chi connectivity index (χ2n) is 9.07. The Hall–Kier alpha value is -2.68. The summed E-state index contributed by atoms with van der Waals surface area (Å²) in [6, 6.07) is 15.3. The fourth-order valence-electron chi connectivity index (χ4n) is 4.28. The van der Waals surface area contributed by atoms with Gasteiger partial charge in [-0.05, 0) is 49.4 Å². The molecule has 0 saturated carbocycles. The largest absolute Gasteiger partial charge is 0.323 e. The zero-order valence-corrected chi connectivity index (χ0v) is 17.7. The number of aromatic nitrogens is 1. The molecule has 0 radical (unpaired) electrons. The highest BCUT2D eigenvalue weighted by molar-refractivity contribution is 6.17. The maximum absolute atomic E-state index is 5.24. The molecule has 0 unspecified atom stereocenters. The summed E-state index contributed by atoms with van der Waals surface area (Å²) >= 11 is 0. The zero-order valence-electron chi connectivity index (χ0n) is 17.7. The number of anilines is 1. The van der Waals surface area contributed by atoms with Gasteiger partial charge in [-0.1, -0.05) is 56.7 Å². The Balaban J connectivity index is 1.93. The van der Waals surface area contributed by atoms with Crippen LogP contribution < -0.4 is 4.90 Å². The molecule has 1 aromatic heterocycles. The monoisotopic (exact) mass is 371 g/mol. The van der Waals surface area contributed by atoms with Gasteiger partial charge in [0.1, 0.15) is 5.84 Å². The maximum Gasteiger partial charge on any atom is 0.138 e. The van der Waals surface area contributed by atoms with Crippen LogP contribution in [0.4, 0.5) is 5.69 Å². The third-order valence-electron chi connectivity index (χ3n) is 5.67. The van der Waals surface area contributed by atoms with Crippen LogP contribution in [0.1, 0.15) is 43.0 Å². The van der Waals surface area contributed by atoms with Gasteiger partial charge in [0.15, 0.2) is 0 Å². The highest BCUT2D eigenvalue weighted by atomic mass is 15.3. The SMILES string of the molecule is Cc1cc(C)c(N2C[C@H](C(C)(C)C)N=C2c2cccc3cccnc23)c(C)c1. The summed E-state index contributed by atoms with van der Waals surface area (Å²) in [5.41, 5.74) is 7.42. The number of pyridine rings is 1. The van der Waals surface area contributed by atoms with Crippen molar-refractivity contribution in [3.8, 4) is 0 Å². The Bertz CT molecular complexity index is 1040. The number of benzene rings is 2. The van der Waals surface area contributed by atoms with Crippen molar-refractivity contribution in [2.24, 2.45) is 10.4 Å². The summed E-state index contributed by atoms with van der Waals surface area (Å²) in [7, 11) is 0. The standard InChI is InChI=1S/C25H29N3/c1-16-13-17(2)23(18(3)14-16)28-15-21(25(4,5)6)27-24(28)20-11-7-9-19-10-8-12-26-22(19)20/h7-14,21H,15H2,1-6H3/t21-/m1/s1. The summed E-state index contributed by atoms with van der Waals surface area (Å²) in [5, 5.41) is 1.15. The number of aliphatic imine (C=N–C) groups is 1. The van der Waals surface area contributed by atoms with Gasteiger partial charge >= 0.3 is 0 Å². The average molecular weight is 372 g/mol. The predicted octanol–water partition coefficient (Wildman–Crippen LogP) is 5.84. The van der Waals surface area contributed by atoms with Crippen LogP contribution in [0.15, 0.2) is 53.7 Å². The van der Waals surface area contributed by atoms with Crippen molar-refractivity contribution in [1.29, 1.82) is 0 Å². The molecule has 0 N–H and O–H groups in total. The van der Waals surface area contributed by atoms with Crippen molar-refractivity contribution >= 4 is 22.4 Å². The Labute approximate surface area is 168 Å². The first-order valence-corrected chi connectivity index (χ1v) is 10.0. The van der Waals surface area contributed by atoms with Gasteiger partial charge < -0.3 is 4.90 Å². The van der Waals surface area contributed by atoms with Gasteiger partial charge in [0.05, 0.1) is 11.6 Å². The molecule has 0 saturated heterocycles. The molecule has 3 aromatic rings. The van der Waals surface area contributed by atoms with E-state index in [9.17, 15) is 0 Å². The molecule has 3 heteroatoms. The Morgan fingerprint density at radius 1 is 0.964 bits per heavy atom. The van der Waals surface area contributed by atoms with Crippen LogP contribution >= 0.6 is 0 Å². The number of rotatable bonds is 2. The summed E-state index contributed by atoms with van der Waals surface area (Å²) < 4.78 is 0. The second-order valence-corrected chi connectivity index (χ2v) is 9.07. The molecule has 1 aliphatic heterocycles. The van der Waals surface area contributed by atoms with Crippen molar-refractivity contribution < 1.29 is 0 Å². The van der Waals surface area contributed by atoms with Gasteiger partial charge in [0.2, 0.25) is 0 Å². The minimum absolute atomic E-state index is 0.102. The van der Waals surface area contributed by atoms with E-state index in [1.165, 1.54) is 22.4 Å². The minimum Gasteiger partial charge on any atom is -0.323 e. The van der Waals surface area contributed by atoms with Crippen LogP contribution in [0.25, 0.3) is 10.9 Å². The molecule has 1 atom stereocenters. The van der Waals surface area contributed by atoms with Crippen LogP contribution in [-0.4, -0.2) is 23.4 Å². The summed E-state index contributed by atoms with van der Waals surface area (Å²) in [5.74, 6) is 1.04. The lowest BCUT2D eigenvalue weighted by Gasteiger charge is -2.29. The molecule has 144 valence electrons. The number of para-hydroxylation sites is 1. The second kappa shape index (κ2) is 6.73. The number of hydrogen-bond acceptors (Lipinski definition) is 3. The number of hydrogen-bond donors (Lipinski definition) is 0. The molecule has 0 spiro atoms. The lowest BCUT2D eigenvalue weighted by Crippen LogP contribution is -2.35. The van der Waals surface area contributed by atoms with E-state index in [-0.39, 0.29) is 11.5 Å². The van der Waals surface area contributed by atoms with Gasteiger partial charge in [-0.15, -0.1) is 0 Å². The topological polar surface area (TPSA) is 28.5 Å². The Morgan fingerprint density at radius 3 is 2.32 bits per heavy atom. The molecule has 3 nitrogen and oxygen atoms in total. The average Bonchev–Trinajstić information content (AvgIpc) is 3.05. The van der Waals surface area contributed by atoms with Gasteiger partial charge in [0, 0.05) is 29.4 Å². The number of fused-ring (bicyclic) bond motifs is 1. The van der Waals surface area contributed by atoms with Crippen molar-refractivity contribution in [1.82, 2.24) is 4.98 Å². The molecule has 4 rings (SSSR count). The fourth-order valence-corrected chi connectivity index (χ4v) is 4.28. The first-order valence-electron chi connectivity index (χ1n) is 10.0. The highest BCUT2D eigenvalue weighted by Crippen LogP contribution is 2.36. The smallest absolute Gasteiger partial charge is 0.138 e. The number of amidine groups is 1. The van der Waals surface area contributed by atoms with Crippen molar-refractivity contribution in [2.45, 2.75) is 47.6 Å². The van der Waals surface area contributed by atoms with Crippen LogP contribution in [0.3, 0.4) is 0 Å². The van der Waals surface area contributed by atoms with Crippen molar-refractivity contribution in [3.05, 3.63) is 70.9 Å². The van der Waals surface area contributed by atoms with E-state index in [1.807, 2.05) is 12.3 Å². The first kappa shape index (κ1) is 18.7. The minimum atomic E-state index is 0.102. The molecule has 0 amide bonds. The lowest BCUT2D eigenvalue weighted by molar-refractivity contribution is 0.337.